The van der Waals surface area contributed by atoms with E-state index in [1.54, 1.807) is 38.5 Å². The molecule has 0 radical (unpaired) electrons. The highest BCUT2D eigenvalue weighted by Crippen LogP contribution is 2.50. The fourth-order valence-electron chi connectivity index (χ4n) is 5.96. The molecule has 12 heteroatoms. The SMILES string of the molecule is COc1cc2c(c(OC)c1OC)-c1ccc(N[C@H](C(=O)Nc3ccc4nc(CO)[nH]c4c3)C(C)C)c(=O)cc1[C@@H](NC(C)=O)CC2. The van der Waals surface area contributed by atoms with Gasteiger partial charge in [0.15, 0.2) is 11.5 Å². The summed E-state index contributed by atoms with van der Waals surface area (Å²) in [6.07, 6.45) is 1.11. The van der Waals surface area contributed by atoms with E-state index in [0.29, 0.717) is 63.8 Å². The van der Waals surface area contributed by atoms with Crippen LogP contribution in [0.4, 0.5) is 11.4 Å². The number of carbonyl (C=O) groups excluding carboxylic acids is 2. The summed E-state index contributed by atoms with van der Waals surface area (Å²) in [7, 11) is 4.63. The van der Waals surface area contributed by atoms with Gasteiger partial charge in [0.05, 0.1) is 44.1 Å². The van der Waals surface area contributed by atoms with Crippen LogP contribution in [0.5, 0.6) is 17.2 Å². The number of H-pyrrole nitrogens is 1. The van der Waals surface area contributed by atoms with Crippen molar-refractivity contribution in [1.29, 1.82) is 0 Å². The number of amides is 2. The lowest BCUT2D eigenvalue weighted by Crippen LogP contribution is -2.39. The number of aryl methyl sites for hydroxylation is 1. The van der Waals surface area contributed by atoms with Crippen LogP contribution in [0.3, 0.4) is 0 Å². The van der Waals surface area contributed by atoms with Crippen LogP contribution in [0.15, 0.2) is 47.3 Å². The monoisotopic (exact) mass is 629 g/mol. The van der Waals surface area contributed by atoms with Crippen LogP contribution in [0.1, 0.15) is 50.2 Å². The molecule has 1 aliphatic carbocycles. The number of methoxy groups -OCH3 is 3. The highest BCUT2D eigenvalue weighted by atomic mass is 16.5. The minimum atomic E-state index is -0.766. The van der Waals surface area contributed by atoms with E-state index in [1.807, 2.05) is 26.0 Å². The molecular formula is C34H39N5O7. The minimum Gasteiger partial charge on any atom is -0.493 e. The Morgan fingerprint density at radius 2 is 1.80 bits per heavy atom. The molecule has 1 aromatic heterocycles. The summed E-state index contributed by atoms with van der Waals surface area (Å²) in [6.45, 7) is 4.99. The van der Waals surface area contributed by atoms with Gasteiger partial charge < -0.3 is 40.3 Å². The number of fused-ring (bicyclic) bond motifs is 4. The van der Waals surface area contributed by atoms with E-state index in [0.717, 1.165) is 11.1 Å². The van der Waals surface area contributed by atoms with Gasteiger partial charge in [-0.3, -0.25) is 14.4 Å². The second kappa shape index (κ2) is 13.5. The van der Waals surface area contributed by atoms with Gasteiger partial charge in [-0.05, 0) is 71.8 Å². The molecule has 0 aliphatic heterocycles. The number of aromatic amines is 1. The van der Waals surface area contributed by atoms with Gasteiger partial charge in [-0.2, -0.15) is 0 Å². The summed E-state index contributed by atoms with van der Waals surface area (Å²) in [5, 5.41) is 18.5. The normalized spacial score (nSPS) is 14.5. The Morgan fingerprint density at radius 3 is 2.46 bits per heavy atom. The first-order valence-electron chi connectivity index (χ1n) is 15.0. The summed E-state index contributed by atoms with van der Waals surface area (Å²) < 4.78 is 17.1. The Kier molecular flexibility index (Phi) is 9.47. The molecule has 0 spiro atoms. The van der Waals surface area contributed by atoms with Gasteiger partial charge in [-0.1, -0.05) is 19.9 Å². The number of ether oxygens (including phenoxy) is 3. The van der Waals surface area contributed by atoms with Gasteiger partial charge in [-0.25, -0.2) is 4.98 Å². The van der Waals surface area contributed by atoms with Crippen molar-refractivity contribution in [2.45, 2.75) is 52.3 Å². The Morgan fingerprint density at radius 1 is 1.04 bits per heavy atom. The zero-order valence-corrected chi connectivity index (χ0v) is 26.7. The van der Waals surface area contributed by atoms with Gasteiger partial charge in [0.25, 0.3) is 0 Å². The van der Waals surface area contributed by atoms with Crippen LogP contribution in [0, 0.1) is 5.92 Å². The van der Waals surface area contributed by atoms with E-state index < -0.39 is 12.1 Å². The van der Waals surface area contributed by atoms with Crippen LogP contribution in [0.25, 0.3) is 22.2 Å². The highest BCUT2D eigenvalue weighted by molar-refractivity contribution is 5.98. The molecule has 1 aliphatic rings. The molecule has 1 heterocycles. The molecule has 0 bridgehead atoms. The van der Waals surface area contributed by atoms with E-state index in [2.05, 4.69) is 25.9 Å². The number of carbonyl (C=O) groups is 2. The van der Waals surface area contributed by atoms with E-state index in [9.17, 15) is 19.5 Å². The summed E-state index contributed by atoms with van der Waals surface area (Å²) in [6, 6.07) is 10.9. The molecule has 0 unspecified atom stereocenters. The number of nitrogens with one attached hydrogen (secondary N) is 4. The molecule has 0 saturated heterocycles. The molecule has 2 amide bonds. The summed E-state index contributed by atoms with van der Waals surface area (Å²) >= 11 is 0. The van der Waals surface area contributed by atoms with Gasteiger partial charge in [-0.15, -0.1) is 0 Å². The molecule has 46 heavy (non-hydrogen) atoms. The second-order valence-electron chi connectivity index (χ2n) is 11.5. The number of hydrogen-bond acceptors (Lipinski definition) is 9. The number of aromatic nitrogens is 2. The zero-order valence-electron chi connectivity index (χ0n) is 26.7. The third kappa shape index (κ3) is 6.34. The van der Waals surface area contributed by atoms with Crippen LogP contribution >= 0.6 is 0 Å². The van der Waals surface area contributed by atoms with Gasteiger partial charge in [0.2, 0.25) is 23.0 Å². The quantitative estimate of drug-likeness (QED) is 0.172. The third-order valence-electron chi connectivity index (χ3n) is 8.12. The average molecular weight is 630 g/mol. The van der Waals surface area contributed by atoms with Crippen molar-refractivity contribution in [3.63, 3.8) is 0 Å². The van der Waals surface area contributed by atoms with Crippen molar-refractivity contribution in [2.75, 3.05) is 32.0 Å². The summed E-state index contributed by atoms with van der Waals surface area (Å²) in [4.78, 5) is 47.0. The van der Waals surface area contributed by atoms with E-state index >= 15 is 0 Å². The maximum atomic E-state index is 13.8. The Labute approximate surface area is 266 Å². The van der Waals surface area contributed by atoms with Crippen molar-refractivity contribution in [2.24, 2.45) is 5.92 Å². The lowest BCUT2D eigenvalue weighted by atomic mass is 9.95. The maximum Gasteiger partial charge on any atom is 0.247 e. The lowest BCUT2D eigenvalue weighted by Gasteiger charge is -2.22. The fourth-order valence-corrected chi connectivity index (χ4v) is 5.96. The van der Waals surface area contributed by atoms with E-state index in [-0.39, 0.29) is 35.5 Å². The number of imidazole rings is 1. The van der Waals surface area contributed by atoms with Crippen molar-refractivity contribution < 1.29 is 28.9 Å². The first-order valence-corrected chi connectivity index (χ1v) is 15.0. The second-order valence-corrected chi connectivity index (χ2v) is 11.5. The topological polar surface area (TPSA) is 164 Å². The maximum absolute atomic E-state index is 13.8. The zero-order chi connectivity index (χ0) is 33.1. The van der Waals surface area contributed by atoms with Gasteiger partial charge in [0, 0.05) is 18.2 Å². The van der Waals surface area contributed by atoms with Crippen molar-refractivity contribution in [3.8, 4) is 28.4 Å². The average Bonchev–Trinajstić information content (AvgIpc) is 3.31. The highest BCUT2D eigenvalue weighted by Gasteiger charge is 2.30. The summed E-state index contributed by atoms with van der Waals surface area (Å²) in [5.41, 5.74) is 4.73. The van der Waals surface area contributed by atoms with E-state index in [1.165, 1.54) is 20.1 Å². The van der Waals surface area contributed by atoms with Gasteiger partial charge in [0.1, 0.15) is 18.5 Å². The Balaban J connectivity index is 1.56. The van der Waals surface area contributed by atoms with Crippen molar-refractivity contribution in [3.05, 3.63) is 69.6 Å². The minimum absolute atomic E-state index is 0.190. The standard InChI is InChI=1S/C34H39N5O7/c1-17(2)31(34(43)36-20-8-11-24-26(14-20)38-29(16-40)37-24)39-25-12-9-21-22(15-27(25)42)23(35-18(3)41)10-7-19-13-28(44-4)32(45-5)33(46-6)30(19)21/h8-9,11-15,17,23,31,40H,7,10,16H2,1-6H3,(H,35,41)(H,36,43)(H,37,38)(H,39,42)/t23-,31-/m0/s1. The van der Waals surface area contributed by atoms with E-state index in [4.69, 9.17) is 14.2 Å². The Hall–Kier alpha value is -5.10. The molecule has 12 nitrogen and oxygen atoms in total. The molecule has 0 saturated carbocycles. The molecule has 5 rings (SSSR count). The molecular weight excluding hydrogens is 590 g/mol. The molecule has 2 atom stereocenters. The van der Waals surface area contributed by atoms with Crippen molar-refractivity contribution in [1.82, 2.24) is 15.3 Å². The molecule has 242 valence electrons. The predicted octanol–water partition coefficient (Wildman–Crippen LogP) is 4.31. The van der Waals surface area contributed by atoms with Crippen LogP contribution in [0.2, 0.25) is 0 Å². The van der Waals surface area contributed by atoms with Crippen LogP contribution in [-0.2, 0) is 22.6 Å². The number of anilines is 2. The molecule has 5 N–H and O–H groups in total. The molecule has 3 aromatic carbocycles. The number of aliphatic hydroxyl groups excluding tert-OH is 1. The molecule has 4 aromatic rings. The number of aliphatic hydroxyl groups is 1. The fraction of sp³-hybridized carbons (Fsp3) is 0.353. The van der Waals surface area contributed by atoms with Crippen molar-refractivity contribution >= 4 is 34.2 Å². The first-order chi connectivity index (χ1) is 22.1. The number of hydrogen-bond donors (Lipinski definition) is 5. The first kappa shape index (κ1) is 32.3. The Bertz CT molecular complexity index is 1850. The summed E-state index contributed by atoms with van der Waals surface area (Å²) in [5.74, 6) is 1.06. The predicted molar refractivity (Wildman–Crippen MR) is 176 cm³/mol. The number of benzene rings is 2. The molecule has 0 fully saturated rings. The van der Waals surface area contributed by atoms with Crippen LogP contribution in [-0.4, -0.2) is 54.3 Å². The van der Waals surface area contributed by atoms with Gasteiger partial charge >= 0.3 is 0 Å². The largest absolute Gasteiger partial charge is 0.493 e. The number of rotatable bonds is 10. The van der Waals surface area contributed by atoms with Crippen LogP contribution < -0.4 is 35.6 Å². The third-order valence-corrected chi connectivity index (χ3v) is 8.12. The lowest BCUT2D eigenvalue weighted by molar-refractivity contribution is -0.120. The smallest absolute Gasteiger partial charge is 0.247 e. The number of nitrogens with zero attached hydrogens (tertiary/aromatic N) is 1.